The molecule has 0 spiro atoms. The van der Waals surface area contributed by atoms with E-state index in [9.17, 15) is 18.0 Å². The summed E-state index contributed by atoms with van der Waals surface area (Å²) in [5, 5.41) is 5.27. The number of hydrogen-bond donors (Lipinski definition) is 2. The Labute approximate surface area is 144 Å². The second kappa shape index (κ2) is 7.30. The van der Waals surface area contributed by atoms with Crippen molar-refractivity contribution in [2.24, 2.45) is 11.0 Å². The highest BCUT2D eigenvalue weighted by Gasteiger charge is 2.46. The van der Waals surface area contributed by atoms with Crippen LogP contribution in [-0.2, 0) is 9.53 Å². The van der Waals surface area contributed by atoms with Crippen molar-refractivity contribution in [2.45, 2.75) is 39.4 Å². The number of methoxy groups -OCH3 is 1. The van der Waals surface area contributed by atoms with E-state index in [4.69, 9.17) is 4.74 Å². The Kier molecular flexibility index (Phi) is 5.56. The van der Waals surface area contributed by atoms with Gasteiger partial charge in [-0.3, -0.25) is 4.79 Å². The molecule has 0 aromatic heterocycles. The smallest absolute Gasteiger partial charge is 0.409 e. The summed E-state index contributed by atoms with van der Waals surface area (Å²) in [4.78, 5) is 11.4. The minimum atomic E-state index is -4.43. The van der Waals surface area contributed by atoms with Crippen LogP contribution in [-0.4, -0.2) is 36.0 Å². The van der Waals surface area contributed by atoms with Crippen LogP contribution in [0.15, 0.2) is 40.5 Å². The Morgan fingerprint density at radius 3 is 2.56 bits per heavy atom. The van der Waals surface area contributed by atoms with Gasteiger partial charge in [-0.05, 0) is 12.2 Å². The molecule has 3 heterocycles. The van der Waals surface area contributed by atoms with Gasteiger partial charge >= 0.3 is 6.18 Å². The molecule has 2 unspecified atom stereocenters. The van der Waals surface area contributed by atoms with Gasteiger partial charge in [0.25, 0.3) is 0 Å². The monoisotopic (exact) mass is 358 g/mol. The van der Waals surface area contributed by atoms with Gasteiger partial charge in [0, 0.05) is 24.0 Å². The van der Waals surface area contributed by atoms with Crippen molar-refractivity contribution in [3.63, 3.8) is 0 Å². The van der Waals surface area contributed by atoms with Gasteiger partial charge in [-0.15, -0.1) is 0 Å². The Bertz CT molecular complexity index is 665. The van der Waals surface area contributed by atoms with Crippen LogP contribution in [0.25, 0.3) is 0 Å². The van der Waals surface area contributed by atoms with Crippen LogP contribution in [0.5, 0.6) is 0 Å². The van der Waals surface area contributed by atoms with Crippen LogP contribution in [0.4, 0.5) is 13.2 Å². The van der Waals surface area contributed by atoms with Gasteiger partial charge in [0.1, 0.15) is 6.04 Å². The molecule has 0 aromatic carbocycles. The number of carbonyl (C=O) groups is 1. The largest absolute Gasteiger partial charge is 0.481 e. The molecule has 0 saturated heterocycles. The lowest BCUT2D eigenvalue weighted by Gasteiger charge is -2.31. The highest BCUT2D eigenvalue weighted by Crippen LogP contribution is 2.36. The first-order valence-electron chi connectivity index (χ1n) is 7.99. The lowest BCUT2D eigenvalue weighted by molar-refractivity contribution is -0.149. The fourth-order valence-electron chi connectivity index (χ4n) is 2.71. The molecular weight excluding hydrogens is 337 g/mol. The molecule has 9 heteroatoms. The minimum Gasteiger partial charge on any atom is -0.481 e. The molecule has 3 aliphatic heterocycles. The Morgan fingerprint density at radius 2 is 2.00 bits per heavy atom. The number of halogens is 3. The third kappa shape index (κ3) is 3.71. The molecule has 0 radical (unpaired) electrons. The number of nitrogens with one attached hydrogen (secondary N) is 2. The maximum absolute atomic E-state index is 13.0. The van der Waals surface area contributed by atoms with Crippen molar-refractivity contribution < 1.29 is 22.7 Å². The molecular formula is C16H21F3N4O2. The molecule has 6 nitrogen and oxygen atoms in total. The molecule has 3 aliphatic rings. The number of nitrogens with zero attached hydrogens (tertiary/aromatic N) is 2. The number of hydrazine groups is 1. The van der Waals surface area contributed by atoms with Gasteiger partial charge in [0.15, 0.2) is 0 Å². The summed E-state index contributed by atoms with van der Waals surface area (Å²) in [6.45, 7) is 5.81. The normalized spacial score (nSPS) is 25.6. The number of ether oxygens (including phenoxy) is 1. The molecule has 25 heavy (non-hydrogen) atoms. The highest BCUT2D eigenvalue weighted by atomic mass is 19.4. The van der Waals surface area contributed by atoms with E-state index in [1.807, 2.05) is 20.8 Å². The van der Waals surface area contributed by atoms with Crippen molar-refractivity contribution in [2.75, 3.05) is 7.11 Å². The maximum atomic E-state index is 13.0. The van der Waals surface area contributed by atoms with E-state index in [2.05, 4.69) is 16.0 Å². The lowest BCUT2D eigenvalue weighted by Crippen LogP contribution is -2.45. The molecule has 2 N–H and O–H groups in total. The van der Waals surface area contributed by atoms with E-state index in [0.717, 1.165) is 6.08 Å². The number of allylic oxidation sites excluding steroid dienone is 3. The first kappa shape index (κ1) is 19.0. The van der Waals surface area contributed by atoms with E-state index >= 15 is 0 Å². The van der Waals surface area contributed by atoms with Gasteiger partial charge in [0.2, 0.25) is 11.8 Å². The van der Waals surface area contributed by atoms with Gasteiger partial charge in [-0.2, -0.15) is 18.3 Å². The Balaban J connectivity index is 0.00000109. The van der Waals surface area contributed by atoms with E-state index in [-0.39, 0.29) is 24.1 Å². The summed E-state index contributed by atoms with van der Waals surface area (Å²) >= 11 is 0. The Hall–Kier alpha value is -2.29. The van der Waals surface area contributed by atoms with Gasteiger partial charge in [-0.25, -0.2) is 15.9 Å². The number of rotatable bonds is 2. The first-order chi connectivity index (χ1) is 11.8. The van der Waals surface area contributed by atoms with Gasteiger partial charge in [0.05, 0.1) is 18.5 Å². The van der Waals surface area contributed by atoms with Crippen molar-refractivity contribution in [3.8, 4) is 0 Å². The number of hydrogen-bond acceptors (Lipinski definition) is 5. The maximum Gasteiger partial charge on any atom is 0.409 e. The molecule has 2 atom stereocenters. The van der Waals surface area contributed by atoms with E-state index in [0.29, 0.717) is 17.0 Å². The van der Waals surface area contributed by atoms with Crippen molar-refractivity contribution in [1.82, 2.24) is 15.9 Å². The van der Waals surface area contributed by atoms with E-state index in [1.54, 1.807) is 12.2 Å². The molecule has 0 fully saturated rings. The summed E-state index contributed by atoms with van der Waals surface area (Å²) in [5.41, 5.74) is 6.12. The fourth-order valence-corrected chi connectivity index (χ4v) is 2.71. The number of amides is 1. The highest BCUT2D eigenvalue weighted by molar-refractivity contribution is 6.08. The van der Waals surface area contributed by atoms with Gasteiger partial charge < -0.3 is 4.74 Å². The molecule has 0 saturated carbocycles. The summed E-state index contributed by atoms with van der Waals surface area (Å²) in [6.07, 6.45) is 0.102. The second-order valence-corrected chi connectivity index (χ2v) is 5.46. The standard InChI is InChI=1S/C14H15F3N4O2.C2H6/c1-7-5-11(22)18-19-13(7)8-3-4-12(23-2)21-9(8)6-10(20-21)14(15,16)17;1-2/h3-4,6-7,10,20H,5H2,1-2H3,(H,18,22);1-2H3. The SMILES string of the molecule is CC.COC1=CC=C(C2=NNC(=O)CC2C)C2=CC(C(F)(F)F)NN12. The second-order valence-electron chi connectivity index (χ2n) is 5.46. The van der Waals surface area contributed by atoms with Gasteiger partial charge in [-0.1, -0.05) is 20.8 Å². The molecule has 1 amide bonds. The topological polar surface area (TPSA) is 66.0 Å². The first-order valence-corrected chi connectivity index (χ1v) is 7.99. The summed E-state index contributed by atoms with van der Waals surface area (Å²) in [7, 11) is 1.38. The van der Waals surface area contributed by atoms with Crippen LogP contribution < -0.4 is 10.9 Å². The third-order valence-electron chi connectivity index (χ3n) is 3.82. The van der Waals surface area contributed by atoms with Crippen LogP contribution in [0.3, 0.4) is 0 Å². The molecule has 138 valence electrons. The Morgan fingerprint density at radius 1 is 1.32 bits per heavy atom. The van der Waals surface area contributed by atoms with Crippen LogP contribution >= 0.6 is 0 Å². The summed E-state index contributed by atoms with van der Waals surface area (Å²) in [6, 6.07) is -1.81. The summed E-state index contributed by atoms with van der Waals surface area (Å²) < 4.78 is 44.2. The van der Waals surface area contributed by atoms with Crippen LogP contribution in [0.2, 0.25) is 0 Å². The number of fused-ring (bicyclic) bond motifs is 1. The van der Waals surface area contributed by atoms with E-state index < -0.39 is 12.2 Å². The molecule has 0 bridgehead atoms. The summed E-state index contributed by atoms with van der Waals surface area (Å²) in [5.74, 6) is -0.158. The van der Waals surface area contributed by atoms with Crippen molar-refractivity contribution in [1.29, 1.82) is 0 Å². The average molecular weight is 358 g/mol. The zero-order chi connectivity index (χ0) is 18.8. The number of alkyl halides is 3. The zero-order valence-electron chi connectivity index (χ0n) is 14.4. The lowest BCUT2D eigenvalue weighted by atomic mass is 9.90. The quantitative estimate of drug-likeness (QED) is 0.796. The van der Waals surface area contributed by atoms with E-state index in [1.165, 1.54) is 12.1 Å². The fraction of sp³-hybridized carbons (Fsp3) is 0.500. The minimum absolute atomic E-state index is 0.194. The van der Waals surface area contributed by atoms with Crippen LogP contribution in [0, 0.1) is 5.92 Å². The average Bonchev–Trinajstić information content (AvgIpc) is 3.02. The van der Waals surface area contributed by atoms with Crippen molar-refractivity contribution >= 4 is 11.6 Å². The molecule has 3 rings (SSSR count). The molecule has 0 aromatic rings. The number of carbonyl (C=O) groups excluding carboxylic acids is 1. The predicted octanol–water partition coefficient (Wildman–Crippen LogP) is 2.59. The third-order valence-corrected chi connectivity index (χ3v) is 3.82. The predicted molar refractivity (Wildman–Crippen MR) is 86.8 cm³/mol. The van der Waals surface area contributed by atoms with Crippen molar-refractivity contribution in [3.05, 3.63) is 35.4 Å². The zero-order valence-corrected chi connectivity index (χ0v) is 14.4. The van der Waals surface area contributed by atoms with Crippen LogP contribution in [0.1, 0.15) is 27.2 Å². The molecule has 0 aliphatic carbocycles. The number of hydrazone groups is 1.